The van der Waals surface area contributed by atoms with Crippen molar-refractivity contribution in [3.05, 3.63) is 53.2 Å². The highest BCUT2D eigenvalue weighted by atomic mass is 19.1. The van der Waals surface area contributed by atoms with Crippen molar-refractivity contribution >= 4 is 12.1 Å². The quantitative estimate of drug-likeness (QED) is 0.639. The van der Waals surface area contributed by atoms with E-state index in [0.717, 1.165) is 55.1 Å². The molecule has 1 aliphatic heterocycles. The molecule has 172 valence electrons. The molecule has 4 rings (SSSR count). The van der Waals surface area contributed by atoms with Crippen LogP contribution < -0.4 is 10.2 Å². The van der Waals surface area contributed by atoms with Crippen LogP contribution in [0.1, 0.15) is 62.0 Å². The van der Waals surface area contributed by atoms with Crippen LogP contribution in [0.25, 0.3) is 0 Å². The number of aromatic nitrogens is 2. The number of hydrogen-bond donors (Lipinski definition) is 2. The lowest BCUT2D eigenvalue weighted by molar-refractivity contribution is -0.111. The summed E-state index contributed by atoms with van der Waals surface area (Å²) in [5, 5.41) is 13.9. The van der Waals surface area contributed by atoms with E-state index < -0.39 is 12.0 Å². The molecule has 0 spiro atoms. The van der Waals surface area contributed by atoms with Crippen LogP contribution in [0.4, 0.5) is 10.2 Å². The van der Waals surface area contributed by atoms with Crippen molar-refractivity contribution < 1.29 is 14.3 Å². The maximum atomic E-state index is 13.4. The number of fused-ring (bicyclic) bond motifs is 1. The summed E-state index contributed by atoms with van der Waals surface area (Å²) in [5.41, 5.74) is 2.61. The minimum absolute atomic E-state index is 0.183. The van der Waals surface area contributed by atoms with Gasteiger partial charge in [0.25, 0.3) is 0 Å². The van der Waals surface area contributed by atoms with E-state index in [1.54, 1.807) is 18.5 Å². The zero-order valence-corrected chi connectivity index (χ0v) is 18.9. The van der Waals surface area contributed by atoms with E-state index in [1.807, 2.05) is 0 Å². The van der Waals surface area contributed by atoms with E-state index in [-0.39, 0.29) is 23.9 Å². The lowest BCUT2D eigenvalue weighted by atomic mass is 9.95. The Morgan fingerprint density at radius 3 is 2.47 bits per heavy atom. The van der Waals surface area contributed by atoms with E-state index in [2.05, 4.69) is 45.9 Å². The molecule has 0 bridgehead atoms. The molecule has 4 atom stereocenters. The topological polar surface area (TPSA) is 81.6 Å². The standard InChI is InChI=1S/C24H32FN5O2/c1-15(2)28-23(19(13-31)17-4-6-18(25)7-5-17)29-8-10-30(11-9-29)24-21-16(3)12-20(32)22(21)26-14-27-24/h4-7,13-16,19-20,23,28,32H,8-12H2,1-3H3/t16-,19?,20-,23?/m1/s1. The Morgan fingerprint density at radius 2 is 1.84 bits per heavy atom. The maximum absolute atomic E-state index is 13.4. The molecule has 0 radical (unpaired) electrons. The van der Waals surface area contributed by atoms with Gasteiger partial charge in [-0.15, -0.1) is 0 Å². The fraction of sp³-hybridized carbons (Fsp3) is 0.542. The van der Waals surface area contributed by atoms with Crippen LogP contribution in [0, 0.1) is 5.82 Å². The number of rotatable bonds is 7. The third-order valence-electron chi connectivity index (χ3n) is 6.53. The highest BCUT2D eigenvalue weighted by molar-refractivity contribution is 5.63. The number of carbonyl (C=O) groups excluding carboxylic acids is 1. The van der Waals surface area contributed by atoms with Gasteiger partial charge >= 0.3 is 0 Å². The average Bonchev–Trinajstić information content (AvgIpc) is 3.08. The first-order valence-electron chi connectivity index (χ1n) is 11.4. The fourth-order valence-electron chi connectivity index (χ4n) is 4.96. The summed E-state index contributed by atoms with van der Waals surface area (Å²) in [7, 11) is 0. The zero-order chi connectivity index (χ0) is 22.8. The van der Waals surface area contributed by atoms with Gasteiger partial charge in [0.2, 0.25) is 0 Å². The van der Waals surface area contributed by atoms with Crippen LogP contribution in [0.15, 0.2) is 30.6 Å². The van der Waals surface area contributed by atoms with E-state index in [4.69, 9.17) is 0 Å². The number of aliphatic hydroxyl groups is 1. The van der Waals surface area contributed by atoms with Crippen molar-refractivity contribution in [2.75, 3.05) is 31.1 Å². The molecule has 1 aliphatic carbocycles. The highest BCUT2D eigenvalue weighted by Gasteiger charge is 2.35. The van der Waals surface area contributed by atoms with Gasteiger partial charge in [-0.3, -0.25) is 10.2 Å². The van der Waals surface area contributed by atoms with Crippen molar-refractivity contribution in [1.82, 2.24) is 20.2 Å². The Morgan fingerprint density at radius 1 is 1.16 bits per heavy atom. The van der Waals surface area contributed by atoms with E-state index in [1.165, 1.54) is 12.1 Å². The summed E-state index contributed by atoms with van der Waals surface area (Å²) >= 11 is 0. The average molecular weight is 442 g/mol. The molecule has 2 aliphatic rings. The van der Waals surface area contributed by atoms with Gasteiger partial charge in [0.15, 0.2) is 0 Å². The second kappa shape index (κ2) is 9.60. The summed E-state index contributed by atoms with van der Waals surface area (Å²) in [6, 6.07) is 6.38. The van der Waals surface area contributed by atoms with Crippen LogP contribution in [-0.2, 0) is 4.79 Å². The summed E-state index contributed by atoms with van der Waals surface area (Å²) in [6.45, 7) is 9.27. The number of hydrogen-bond acceptors (Lipinski definition) is 7. The number of nitrogens with zero attached hydrogens (tertiary/aromatic N) is 4. The number of anilines is 1. The highest BCUT2D eigenvalue weighted by Crippen LogP contribution is 2.42. The van der Waals surface area contributed by atoms with Gasteiger partial charge in [0, 0.05) is 37.8 Å². The summed E-state index contributed by atoms with van der Waals surface area (Å²) in [4.78, 5) is 25.6. The molecule has 0 saturated carbocycles. The Hall–Kier alpha value is -2.42. The molecule has 2 unspecified atom stereocenters. The van der Waals surface area contributed by atoms with Crippen molar-refractivity contribution in [1.29, 1.82) is 0 Å². The van der Waals surface area contributed by atoms with Crippen molar-refractivity contribution in [3.8, 4) is 0 Å². The first-order chi connectivity index (χ1) is 15.4. The second-order valence-corrected chi connectivity index (χ2v) is 9.15. The van der Waals surface area contributed by atoms with Gasteiger partial charge < -0.3 is 14.8 Å². The number of halogens is 1. The molecular weight excluding hydrogens is 409 g/mol. The molecule has 2 heterocycles. The van der Waals surface area contributed by atoms with E-state index in [9.17, 15) is 14.3 Å². The summed E-state index contributed by atoms with van der Waals surface area (Å²) < 4.78 is 13.4. The fourth-order valence-corrected chi connectivity index (χ4v) is 4.96. The maximum Gasteiger partial charge on any atom is 0.135 e. The van der Waals surface area contributed by atoms with Crippen molar-refractivity contribution in [3.63, 3.8) is 0 Å². The molecule has 1 aromatic heterocycles. The normalized spacial score (nSPS) is 23.2. The second-order valence-electron chi connectivity index (χ2n) is 9.15. The van der Waals surface area contributed by atoms with Gasteiger partial charge in [-0.1, -0.05) is 19.1 Å². The third-order valence-corrected chi connectivity index (χ3v) is 6.53. The SMILES string of the molecule is CC(C)NC(C(C=O)c1ccc(F)cc1)N1CCN(c2ncnc3c2[C@H](C)C[C@H]3O)CC1. The van der Waals surface area contributed by atoms with Crippen LogP contribution >= 0.6 is 0 Å². The number of piperazine rings is 1. The summed E-state index contributed by atoms with van der Waals surface area (Å²) in [6.07, 6.45) is 2.48. The Balaban J connectivity index is 1.52. The molecule has 8 heteroatoms. The Bertz CT molecular complexity index is 930. The third kappa shape index (κ3) is 4.53. The van der Waals surface area contributed by atoms with Gasteiger partial charge in [0.1, 0.15) is 24.2 Å². The number of carbonyl (C=O) groups is 1. The Kier molecular flexibility index (Phi) is 6.83. The number of benzene rings is 1. The smallest absolute Gasteiger partial charge is 0.135 e. The van der Waals surface area contributed by atoms with E-state index in [0.29, 0.717) is 6.42 Å². The first-order valence-corrected chi connectivity index (χ1v) is 11.4. The minimum atomic E-state index is -0.522. The lowest BCUT2D eigenvalue weighted by Crippen LogP contribution is -2.58. The minimum Gasteiger partial charge on any atom is -0.387 e. The number of aldehydes is 1. The predicted molar refractivity (Wildman–Crippen MR) is 121 cm³/mol. The molecule has 2 aromatic rings. The molecule has 1 fully saturated rings. The molecule has 0 amide bonds. The van der Waals surface area contributed by atoms with Crippen molar-refractivity contribution in [2.24, 2.45) is 0 Å². The van der Waals surface area contributed by atoms with E-state index >= 15 is 0 Å². The largest absolute Gasteiger partial charge is 0.387 e. The molecule has 2 N–H and O–H groups in total. The van der Waals surface area contributed by atoms with Crippen LogP contribution in [0.3, 0.4) is 0 Å². The summed E-state index contributed by atoms with van der Waals surface area (Å²) in [5.74, 6) is 0.431. The molecule has 1 saturated heterocycles. The lowest BCUT2D eigenvalue weighted by Gasteiger charge is -2.43. The molecule has 32 heavy (non-hydrogen) atoms. The van der Waals surface area contributed by atoms with Gasteiger partial charge in [0.05, 0.1) is 23.9 Å². The zero-order valence-electron chi connectivity index (χ0n) is 18.9. The number of aliphatic hydroxyl groups excluding tert-OH is 1. The van der Waals surface area contributed by atoms with Crippen LogP contribution in [-0.4, -0.2) is 64.6 Å². The van der Waals surface area contributed by atoms with Crippen LogP contribution in [0.2, 0.25) is 0 Å². The van der Waals surface area contributed by atoms with Gasteiger partial charge in [-0.05, 0) is 43.9 Å². The molecule has 1 aromatic carbocycles. The predicted octanol–water partition coefficient (Wildman–Crippen LogP) is 2.59. The first kappa shape index (κ1) is 22.8. The van der Waals surface area contributed by atoms with Gasteiger partial charge in [-0.2, -0.15) is 0 Å². The molecule has 7 nitrogen and oxygen atoms in total. The van der Waals surface area contributed by atoms with Crippen molar-refractivity contribution in [2.45, 2.75) is 57.3 Å². The van der Waals surface area contributed by atoms with Gasteiger partial charge in [-0.25, -0.2) is 14.4 Å². The molecular formula is C24H32FN5O2. The Labute approximate surface area is 188 Å². The van der Waals surface area contributed by atoms with Crippen LogP contribution in [0.5, 0.6) is 0 Å². The number of nitrogens with one attached hydrogen (secondary N) is 1. The monoisotopic (exact) mass is 441 g/mol.